The van der Waals surface area contributed by atoms with Crippen molar-refractivity contribution in [2.24, 2.45) is 0 Å². The molecule has 5 heteroatoms. The number of hydrogen-bond acceptors (Lipinski definition) is 3. The number of nitrogens with zero attached hydrogens (tertiary/aromatic N) is 1. The summed E-state index contributed by atoms with van der Waals surface area (Å²) >= 11 is 3.92. The number of aliphatic hydroxyl groups excluding tert-OH is 1. The summed E-state index contributed by atoms with van der Waals surface area (Å²) in [6.07, 6.45) is 1.57. The largest absolute Gasteiger partial charge is 0.395 e. The maximum absolute atomic E-state index is 13.0. The lowest BCUT2D eigenvalue weighted by Crippen LogP contribution is -2.33. The van der Waals surface area contributed by atoms with Crippen molar-refractivity contribution in [1.82, 2.24) is 4.90 Å². The molecule has 1 aromatic carbocycles. The molecule has 3 nitrogen and oxygen atoms in total. The van der Waals surface area contributed by atoms with Gasteiger partial charge in [0.05, 0.1) is 6.61 Å². The highest BCUT2D eigenvalue weighted by Gasteiger charge is 2.14. The number of aliphatic hydroxyl groups is 1. The van der Waals surface area contributed by atoms with Crippen molar-refractivity contribution in [2.75, 3.05) is 19.7 Å². The Kier molecular flexibility index (Phi) is 5.18. The lowest BCUT2D eigenvalue weighted by atomic mass is 10.2. The molecule has 0 aliphatic rings. The SMILES string of the molecule is C=CCN(CCO)C(=O)c1ccc(F)c(S)c1. The number of benzene rings is 1. The Balaban J connectivity index is 2.92. The quantitative estimate of drug-likeness (QED) is 0.621. The average Bonchev–Trinajstić information content (AvgIpc) is 2.31. The number of hydrogen-bond donors (Lipinski definition) is 2. The molecule has 1 N–H and O–H groups in total. The van der Waals surface area contributed by atoms with Gasteiger partial charge in [0.1, 0.15) is 5.82 Å². The van der Waals surface area contributed by atoms with E-state index < -0.39 is 5.82 Å². The number of amides is 1. The summed E-state index contributed by atoms with van der Waals surface area (Å²) in [5, 5.41) is 8.85. The average molecular weight is 255 g/mol. The van der Waals surface area contributed by atoms with Crippen LogP contribution in [0.25, 0.3) is 0 Å². The first-order valence-corrected chi connectivity index (χ1v) is 5.54. The van der Waals surface area contributed by atoms with Crippen LogP contribution in [0.1, 0.15) is 10.4 Å². The lowest BCUT2D eigenvalue weighted by molar-refractivity contribution is 0.0742. The molecule has 0 bridgehead atoms. The van der Waals surface area contributed by atoms with Gasteiger partial charge in [-0.25, -0.2) is 4.39 Å². The second kappa shape index (κ2) is 6.42. The molecule has 0 heterocycles. The first-order valence-electron chi connectivity index (χ1n) is 5.09. The number of carbonyl (C=O) groups is 1. The molecule has 0 spiro atoms. The van der Waals surface area contributed by atoms with E-state index in [1.165, 1.54) is 23.1 Å². The molecule has 0 unspecified atom stereocenters. The van der Waals surface area contributed by atoms with Crippen molar-refractivity contribution in [3.63, 3.8) is 0 Å². The molecule has 0 saturated carbocycles. The van der Waals surface area contributed by atoms with Crippen LogP contribution in [0.2, 0.25) is 0 Å². The molecule has 0 aromatic heterocycles. The van der Waals surface area contributed by atoms with Crippen LogP contribution in [-0.2, 0) is 0 Å². The lowest BCUT2D eigenvalue weighted by Gasteiger charge is -2.20. The first-order chi connectivity index (χ1) is 8.10. The van der Waals surface area contributed by atoms with E-state index >= 15 is 0 Å². The molecule has 17 heavy (non-hydrogen) atoms. The Morgan fingerprint density at radius 1 is 1.59 bits per heavy atom. The number of halogens is 1. The Hall–Kier alpha value is -1.33. The van der Waals surface area contributed by atoms with Crippen LogP contribution in [-0.4, -0.2) is 35.6 Å². The topological polar surface area (TPSA) is 40.5 Å². The Morgan fingerprint density at radius 2 is 2.29 bits per heavy atom. The van der Waals surface area contributed by atoms with Gasteiger partial charge in [-0.2, -0.15) is 0 Å². The molecule has 92 valence electrons. The van der Waals surface area contributed by atoms with Crippen molar-refractivity contribution in [3.05, 3.63) is 42.2 Å². The van der Waals surface area contributed by atoms with Crippen molar-refractivity contribution in [1.29, 1.82) is 0 Å². The molecule has 0 atom stereocenters. The zero-order valence-electron chi connectivity index (χ0n) is 9.27. The van der Waals surface area contributed by atoms with Gasteiger partial charge in [0.25, 0.3) is 5.91 Å². The molecule has 0 fully saturated rings. The van der Waals surface area contributed by atoms with Gasteiger partial charge >= 0.3 is 0 Å². The predicted octanol–water partition coefficient (Wildman–Crippen LogP) is 1.73. The monoisotopic (exact) mass is 255 g/mol. The normalized spacial score (nSPS) is 10.1. The van der Waals surface area contributed by atoms with Crippen molar-refractivity contribution < 1.29 is 14.3 Å². The smallest absolute Gasteiger partial charge is 0.254 e. The standard InChI is InChI=1S/C12H14FNO2S/c1-2-5-14(6-7-15)12(16)9-3-4-10(13)11(17)8-9/h2-4,8,15,17H,1,5-7H2. The predicted molar refractivity (Wildman–Crippen MR) is 66.8 cm³/mol. The summed E-state index contributed by atoms with van der Waals surface area (Å²) < 4.78 is 13.0. The molecule has 1 aromatic rings. The minimum absolute atomic E-state index is 0.124. The zero-order valence-corrected chi connectivity index (χ0v) is 10.2. The summed E-state index contributed by atoms with van der Waals surface area (Å²) in [5.74, 6) is -0.753. The first kappa shape index (κ1) is 13.7. The Morgan fingerprint density at radius 3 is 2.82 bits per heavy atom. The van der Waals surface area contributed by atoms with E-state index in [0.29, 0.717) is 12.1 Å². The third-order valence-corrected chi connectivity index (χ3v) is 2.54. The van der Waals surface area contributed by atoms with Crippen molar-refractivity contribution in [3.8, 4) is 0 Å². The second-order valence-corrected chi connectivity index (χ2v) is 3.91. The summed E-state index contributed by atoms with van der Waals surface area (Å²) in [6, 6.07) is 3.96. The third-order valence-electron chi connectivity index (χ3n) is 2.20. The van der Waals surface area contributed by atoms with E-state index in [9.17, 15) is 9.18 Å². The number of thiol groups is 1. The van der Waals surface area contributed by atoms with E-state index in [2.05, 4.69) is 19.2 Å². The molecular weight excluding hydrogens is 241 g/mol. The fraction of sp³-hybridized carbons (Fsp3) is 0.250. The van der Waals surface area contributed by atoms with Gasteiger partial charge in [0.15, 0.2) is 0 Å². The van der Waals surface area contributed by atoms with Crippen molar-refractivity contribution >= 4 is 18.5 Å². The van der Waals surface area contributed by atoms with Gasteiger partial charge < -0.3 is 10.0 Å². The highest BCUT2D eigenvalue weighted by molar-refractivity contribution is 7.80. The zero-order chi connectivity index (χ0) is 12.8. The molecule has 0 aliphatic heterocycles. The summed E-state index contributed by atoms with van der Waals surface area (Å²) in [4.78, 5) is 13.5. The fourth-order valence-electron chi connectivity index (χ4n) is 1.38. The van der Waals surface area contributed by atoms with Gasteiger partial charge in [-0.15, -0.1) is 19.2 Å². The van der Waals surface area contributed by atoms with Gasteiger partial charge in [-0.05, 0) is 18.2 Å². The van der Waals surface area contributed by atoms with Crippen LogP contribution in [0.3, 0.4) is 0 Å². The van der Waals surface area contributed by atoms with Crippen LogP contribution >= 0.6 is 12.6 Å². The van der Waals surface area contributed by atoms with Gasteiger partial charge in [0.2, 0.25) is 0 Å². The fourth-order valence-corrected chi connectivity index (χ4v) is 1.59. The van der Waals surface area contributed by atoms with Gasteiger partial charge in [-0.1, -0.05) is 6.08 Å². The van der Waals surface area contributed by atoms with Crippen LogP contribution in [0.5, 0.6) is 0 Å². The van der Waals surface area contributed by atoms with Crippen LogP contribution in [0.15, 0.2) is 35.7 Å². The number of carbonyl (C=O) groups excluding carboxylic acids is 1. The second-order valence-electron chi connectivity index (χ2n) is 3.43. The third kappa shape index (κ3) is 3.57. The van der Waals surface area contributed by atoms with E-state index in [0.717, 1.165) is 0 Å². The Bertz CT molecular complexity index is 423. The van der Waals surface area contributed by atoms with Gasteiger partial charge in [0, 0.05) is 23.5 Å². The van der Waals surface area contributed by atoms with E-state index in [1.54, 1.807) is 6.08 Å². The summed E-state index contributed by atoms with van der Waals surface area (Å²) in [6.45, 7) is 3.95. The molecular formula is C12H14FNO2S. The molecule has 0 radical (unpaired) electrons. The maximum atomic E-state index is 13.0. The van der Waals surface area contributed by atoms with Gasteiger partial charge in [-0.3, -0.25) is 4.79 Å². The highest BCUT2D eigenvalue weighted by atomic mass is 32.1. The summed E-state index contributed by atoms with van der Waals surface area (Å²) in [5.41, 5.74) is 0.340. The van der Waals surface area contributed by atoms with E-state index in [-0.39, 0.29) is 24.0 Å². The maximum Gasteiger partial charge on any atom is 0.254 e. The number of rotatable bonds is 5. The van der Waals surface area contributed by atoms with Crippen LogP contribution in [0.4, 0.5) is 4.39 Å². The Labute approximate surface area is 105 Å². The van der Waals surface area contributed by atoms with E-state index in [4.69, 9.17) is 5.11 Å². The molecule has 0 saturated heterocycles. The van der Waals surface area contributed by atoms with Crippen LogP contribution in [0, 0.1) is 5.82 Å². The van der Waals surface area contributed by atoms with Crippen molar-refractivity contribution in [2.45, 2.75) is 4.90 Å². The summed E-state index contributed by atoms with van der Waals surface area (Å²) in [7, 11) is 0. The minimum atomic E-state index is -0.470. The molecule has 0 aliphatic carbocycles. The van der Waals surface area contributed by atoms with Crippen LogP contribution < -0.4 is 0 Å². The highest BCUT2D eigenvalue weighted by Crippen LogP contribution is 2.15. The minimum Gasteiger partial charge on any atom is -0.395 e. The molecule has 1 rings (SSSR count). The molecule has 1 amide bonds. The van der Waals surface area contributed by atoms with E-state index in [1.807, 2.05) is 0 Å².